The molecule has 1 N–H and O–H groups in total. The van der Waals surface area contributed by atoms with Crippen LogP contribution in [0.5, 0.6) is 0 Å². The van der Waals surface area contributed by atoms with Gasteiger partial charge in [-0.15, -0.1) is 0 Å². The van der Waals surface area contributed by atoms with E-state index in [2.05, 4.69) is 48.0 Å². The van der Waals surface area contributed by atoms with E-state index in [1.165, 1.54) is 29.5 Å². The largest absolute Gasteiger partial charge is 0.357 e. The zero-order chi connectivity index (χ0) is 14.1. The Hall–Kier alpha value is -2.21. The third-order valence-electron chi connectivity index (χ3n) is 4.01. The molecule has 0 radical (unpaired) electrons. The van der Waals surface area contributed by atoms with Gasteiger partial charge in [0.2, 0.25) is 0 Å². The van der Waals surface area contributed by atoms with Crippen molar-refractivity contribution in [3.8, 4) is 17.3 Å². The lowest BCUT2D eigenvalue weighted by atomic mass is 10.0. The number of benzene rings is 1. The summed E-state index contributed by atoms with van der Waals surface area (Å²) in [6.07, 6.45) is 2.42. The van der Waals surface area contributed by atoms with Gasteiger partial charge in [0.1, 0.15) is 11.9 Å². The number of rotatable bonds is 2. The lowest BCUT2D eigenvalue weighted by Gasteiger charge is -2.15. The molecule has 0 saturated carbocycles. The third-order valence-corrected chi connectivity index (χ3v) is 4.01. The van der Waals surface area contributed by atoms with Gasteiger partial charge < -0.3 is 9.88 Å². The molecule has 3 heteroatoms. The van der Waals surface area contributed by atoms with Gasteiger partial charge in [-0.2, -0.15) is 5.26 Å². The standard InChI is InChI=1S/C17H19N3/c1-12-5-6-15(13(2)9-12)16-10-14(11-18)17(19-16)20-7-3-4-8-20/h5-6,9-10,19H,3-4,7-8H2,1-2H3. The highest BCUT2D eigenvalue weighted by Gasteiger charge is 2.19. The van der Waals surface area contributed by atoms with E-state index in [0.29, 0.717) is 0 Å². The summed E-state index contributed by atoms with van der Waals surface area (Å²) < 4.78 is 0. The van der Waals surface area contributed by atoms with Crippen LogP contribution in [0.2, 0.25) is 0 Å². The monoisotopic (exact) mass is 265 g/mol. The van der Waals surface area contributed by atoms with E-state index in [1.54, 1.807) is 0 Å². The summed E-state index contributed by atoms with van der Waals surface area (Å²) in [5.41, 5.74) is 5.47. The quantitative estimate of drug-likeness (QED) is 0.898. The van der Waals surface area contributed by atoms with Crippen LogP contribution in [0.3, 0.4) is 0 Å². The maximum absolute atomic E-state index is 9.36. The van der Waals surface area contributed by atoms with Crippen molar-refractivity contribution in [2.75, 3.05) is 18.0 Å². The van der Waals surface area contributed by atoms with Crippen LogP contribution in [0.25, 0.3) is 11.3 Å². The Morgan fingerprint density at radius 2 is 1.90 bits per heavy atom. The van der Waals surface area contributed by atoms with E-state index in [1.807, 2.05) is 6.07 Å². The second-order valence-electron chi connectivity index (χ2n) is 5.57. The molecule has 0 unspecified atom stereocenters. The second kappa shape index (κ2) is 5.05. The molecular formula is C17H19N3. The van der Waals surface area contributed by atoms with Crippen molar-refractivity contribution in [1.29, 1.82) is 5.26 Å². The summed E-state index contributed by atoms with van der Waals surface area (Å²) in [4.78, 5) is 5.74. The lowest BCUT2D eigenvalue weighted by molar-refractivity contribution is 0.944. The van der Waals surface area contributed by atoms with Gasteiger partial charge in [-0.1, -0.05) is 23.8 Å². The fraction of sp³-hybridized carbons (Fsp3) is 0.353. The van der Waals surface area contributed by atoms with Gasteiger partial charge in [0, 0.05) is 24.3 Å². The van der Waals surface area contributed by atoms with Crippen LogP contribution in [0.1, 0.15) is 29.5 Å². The molecule has 0 atom stereocenters. The molecule has 102 valence electrons. The van der Waals surface area contributed by atoms with Gasteiger partial charge in [-0.25, -0.2) is 0 Å². The number of nitrogens with one attached hydrogen (secondary N) is 1. The van der Waals surface area contributed by atoms with Crippen LogP contribution in [0, 0.1) is 25.2 Å². The minimum Gasteiger partial charge on any atom is -0.357 e. The van der Waals surface area contributed by atoms with Crippen molar-refractivity contribution in [1.82, 2.24) is 4.98 Å². The first kappa shape index (κ1) is 12.8. The molecule has 1 aliphatic heterocycles. The van der Waals surface area contributed by atoms with Crippen LogP contribution in [0.15, 0.2) is 24.3 Å². The summed E-state index contributed by atoms with van der Waals surface area (Å²) >= 11 is 0. The number of anilines is 1. The minimum absolute atomic E-state index is 0.752. The minimum atomic E-state index is 0.752. The molecule has 20 heavy (non-hydrogen) atoms. The Morgan fingerprint density at radius 3 is 2.55 bits per heavy atom. The first-order valence-electron chi connectivity index (χ1n) is 7.15. The summed E-state index contributed by atoms with van der Waals surface area (Å²) in [5.74, 6) is 0.986. The van der Waals surface area contributed by atoms with E-state index in [4.69, 9.17) is 0 Å². The van der Waals surface area contributed by atoms with Crippen molar-refractivity contribution in [2.24, 2.45) is 0 Å². The molecule has 1 fully saturated rings. The highest BCUT2D eigenvalue weighted by Crippen LogP contribution is 2.31. The highest BCUT2D eigenvalue weighted by atomic mass is 15.2. The Bertz CT molecular complexity index is 670. The van der Waals surface area contributed by atoms with Crippen LogP contribution in [-0.4, -0.2) is 18.1 Å². The maximum atomic E-state index is 9.36. The Morgan fingerprint density at radius 1 is 1.15 bits per heavy atom. The number of aromatic nitrogens is 1. The molecule has 0 spiro atoms. The molecule has 3 nitrogen and oxygen atoms in total. The van der Waals surface area contributed by atoms with E-state index in [9.17, 15) is 5.26 Å². The average molecular weight is 265 g/mol. The second-order valence-corrected chi connectivity index (χ2v) is 5.57. The van der Waals surface area contributed by atoms with E-state index in [0.717, 1.165) is 30.2 Å². The zero-order valence-corrected chi connectivity index (χ0v) is 12.0. The molecule has 2 aromatic rings. The fourth-order valence-electron chi connectivity index (χ4n) is 2.98. The first-order chi connectivity index (χ1) is 9.69. The summed E-state index contributed by atoms with van der Waals surface area (Å²) in [7, 11) is 0. The van der Waals surface area contributed by atoms with E-state index < -0.39 is 0 Å². The number of nitrogens with zero attached hydrogens (tertiary/aromatic N) is 2. The zero-order valence-electron chi connectivity index (χ0n) is 12.0. The van der Waals surface area contributed by atoms with E-state index >= 15 is 0 Å². The van der Waals surface area contributed by atoms with E-state index in [-0.39, 0.29) is 0 Å². The predicted molar refractivity (Wildman–Crippen MR) is 81.9 cm³/mol. The first-order valence-corrected chi connectivity index (χ1v) is 7.15. The van der Waals surface area contributed by atoms with Crippen molar-refractivity contribution in [3.63, 3.8) is 0 Å². The summed E-state index contributed by atoms with van der Waals surface area (Å²) in [6.45, 7) is 6.30. The van der Waals surface area contributed by atoms with Gasteiger partial charge in [-0.05, 0) is 38.3 Å². The normalized spacial score (nSPS) is 14.6. The van der Waals surface area contributed by atoms with Crippen LogP contribution in [0.4, 0.5) is 5.82 Å². The SMILES string of the molecule is Cc1ccc(-c2cc(C#N)c(N3CCCC3)[nH]2)c(C)c1. The number of H-pyrrole nitrogens is 1. The number of hydrogen-bond donors (Lipinski definition) is 1. The molecule has 0 aliphatic carbocycles. The Labute approximate surface area is 119 Å². The van der Waals surface area contributed by atoms with Gasteiger partial charge in [-0.3, -0.25) is 0 Å². The molecule has 2 heterocycles. The Kier molecular flexibility index (Phi) is 3.23. The average Bonchev–Trinajstić information content (AvgIpc) is 3.07. The van der Waals surface area contributed by atoms with Crippen molar-refractivity contribution in [2.45, 2.75) is 26.7 Å². The van der Waals surface area contributed by atoms with Crippen LogP contribution in [-0.2, 0) is 0 Å². The lowest BCUT2D eigenvalue weighted by Crippen LogP contribution is -2.18. The molecule has 1 aromatic carbocycles. The summed E-state index contributed by atoms with van der Waals surface area (Å²) in [5, 5.41) is 9.36. The molecular weight excluding hydrogens is 246 g/mol. The Balaban J connectivity index is 2.04. The van der Waals surface area contributed by atoms with Gasteiger partial charge in [0.05, 0.1) is 5.56 Å². The van der Waals surface area contributed by atoms with Crippen LogP contribution >= 0.6 is 0 Å². The maximum Gasteiger partial charge on any atom is 0.124 e. The van der Waals surface area contributed by atoms with Gasteiger partial charge in [0.25, 0.3) is 0 Å². The molecule has 1 aromatic heterocycles. The number of aryl methyl sites for hydroxylation is 2. The molecule has 3 rings (SSSR count). The van der Waals surface area contributed by atoms with Crippen LogP contribution < -0.4 is 4.90 Å². The molecule has 1 aliphatic rings. The van der Waals surface area contributed by atoms with Gasteiger partial charge in [0.15, 0.2) is 0 Å². The highest BCUT2D eigenvalue weighted by molar-refractivity contribution is 5.71. The molecule has 1 saturated heterocycles. The third kappa shape index (κ3) is 2.18. The smallest absolute Gasteiger partial charge is 0.124 e. The van der Waals surface area contributed by atoms with Crippen molar-refractivity contribution >= 4 is 5.82 Å². The topological polar surface area (TPSA) is 42.8 Å². The molecule has 0 amide bonds. The number of aromatic amines is 1. The number of hydrogen-bond acceptors (Lipinski definition) is 2. The predicted octanol–water partition coefficient (Wildman–Crippen LogP) is 3.77. The summed E-state index contributed by atoms with van der Waals surface area (Å²) in [6, 6.07) is 10.7. The van der Waals surface area contributed by atoms with Crippen molar-refractivity contribution < 1.29 is 0 Å². The number of nitriles is 1. The fourth-order valence-corrected chi connectivity index (χ4v) is 2.98. The molecule has 0 bridgehead atoms. The van der Waals surface area contributed by atoms with Crippen molar-refractivity contribution in [3.05, 3.63) is 41.0 Å². The van der Waals surface area contributed by atoms with Gasteiger partial charge >= 0.3 is 0 Å².